The van der Waals surface area contributed by atoms with Gasteiger partial charge in [-0.25, -0.2) is 4.68 Å². The first-order chi connectivity index (χ1) is 14.2. The molecule has 2 aromatic carbocycles. The fourth-order valence-corrected chi connectivity index (χ4v) is 3.64. The molecule has 1 saturated heterocycles. The molecule has 0 atom stereocenters. The molecule has 2 heterocycles. The zero-order chi connectivity index (χ0) is 20.1. The third-order valence-electron chi connectivity index (χ3n) is 5.14. The van der Waals surface area contributed by atoms with Gasteiger partial charge in [-0.15, -0.1) is 0 Å². The van der Waals surface area contributed by atoms with E-state index in [1.807, 2.05) is 48.5 Å². The Morgan fingerprint density at radius 1 is 0.931 bits per heavy atom. The van der Waals surface area contributed by atoms with E-state index in [-0.39, 0.29) is 18.0 Å². The summed E-state index contributed by atoms with van der Waals surface area (Å²) < 4.78 is 1.21. The second-order valence-electron chi connectivity index (χ2n) is 7.18. The number of nitrogens with zero attached hydrogens (tertiary/aromatic N) is 3. The maximum absolute atomic E-state index is 12.5. The van der Waals surface area contributed by atoms with Gasteiger partial charge in [-0.05, 0) is 30.5 Å². The van der Waals surface area contributed by atoms with E-state index in [1.165, 1.54) is 29.3 Å². The Morgan fingerprint density at radius 3 is 2.45 bits per heavy atom. The number of carbonyl (C=O) groups is 1. The number of para-hydroxylation sites is 1. The van der Waals surface area contributed by atoms with Crippen molar-refractivity contribution in [1.82, 2.24) is 15.1 Å². The predicted molar refractivity (Wildman–Crippen MR) is 114 cm³/mol. The van der Waals surface area contributed by atoms with Crippen molar-refractivity contribution in [3.05, 3.63) is 82.6 Å². The lowest BCUT2D eigenvalue weighted by Gasteiger charge is -2.21. The highest BCUT2D eigenvalue weighted by atomic mass is 16.2. The molecule has 0 aliphatic carbocycles. The highest BCUT2D eigenvalue weighted by Gasteiger charge is 2.16. The molecule has 4 rings (SSSR count). The molecule has 6 nitrogen and oxygen atoms in total. The quantitative estimate of drug-likeness (QED) is 0.705. The fourth-order valence-electron chi connectivity index (χ4n) is 3.64. The van der Waals surface area contributed by atoms with Gasteiger partial charge in [-0.3, -0.25) is 9.59 Å². The molecule has 0 unspecified atom stereocenters. The van der Waals surface area contributed by atoms with Crippen LogP contribution in [-0.4, -0.2) is 28.8 Å². The molecule has 0 saturated carbocycles. The molecule has 6 heteroatoms. The summed E-state index contributed by atoms with van der Waals surface area (Å²) in [4.78, 5) is 27.0. The van der Waals surface area contributed by atoms with Crippen LogP contribution in [0.5, 0.6) is 0 Å². The van der Waals surface area contributed by atoms with E-state index in [9.17, 15) is 9.59 Å². The summed E-state index contributed by atoms with van der Waals surface area (Å²) in [6, 6.07) is 20.9. The summed E-state index contributed by atoms with van der Waals surface area (Å²) in [5.41, 5.74) is 3.53. The van der Waals surface area contributed by atoms with Crippen LogP contribution < -0.4 is 15.8 Å². The standard InChI is InChI=1S/C23H24N4O2/c28-22(24-16-19-10-4-5-11-21(19)26-14-6-7-15-26)17-27-23(29)13-12-20(25-27)18-8-2-1-3-9-18/h1-5,8-13H,6-7,14-17H2,(H,24,28). The molecule has 3 aromatic rings. The predicted octanol–water partition coefficient (Wildman–Crippen LogP) is 2.83. The molecular weight excluding hydrogens is 364 g/mol. The van der Waals surface area contributed by atoms with Crippen molar-refractivity contribution in [2.45, 2.75) is 25.9 Å². The number of amides is 1. The van der Waals surface area contributed by atoms with Gasteiger partial charge in [0.2, 0.25) is 5.91 Å². The van der Waals surface area contributed by atoms with E-state index in [4.69, 9.17) is 0 Å². The van der Waals surface area contributed by atoms with Gasteiger partial charge in [0.25, 0.3) is 5.56 Å². The molecule has 1 fully saturated rings. The molecule has 1 N–H and O–H groups in total. The molecule has 1 amide bonds. The summed E-state index contributed by atoms with van der Waals surface area (Å²) in [7, 11) is 0. The number of rotatable bonds is 6. The maximum Gasteiger partial charge on any atom is 0.267 e. The van der Waals surface area contributed by atoms with E-state index in [2.05, 4.69) is 21.4 Å². The van der Waals surface area contributed by atoms with E-state index in [1.54, 1.807) is 6.07 Å². The van der Waals surface area contributed by atoms with Crippen molar-refractivity contribution in [1.29, 1.82) is 0 Å². The first-order valence-corrected chi connectivity index (χ1v) is 9.94. The number of hydrogen-bond acceptors (Lipinski definition) is 4. The van der Waals surface area contributed by atoms with Crippen molar-refractivity contribution >= 4 is 11.6 Å². The molecule has 148 valence electrons. The fraction of sp³-hybridized carbons (Fsp3) is 0.261. The minimum Gasteiger partial charge on any atom is -0.371 e. The Labute approximate surface area is 169 Å². The van der Waals surface area contributed by atoms with Gasteiger partial charge in [0.15, 0.2) is 0 Å². The van der Waals surface area contributed by atoms with Crippen LogP contribution in [0.3, 0.4) is 0 Å². The van der Waals surface area contributed by atoms with E-state index in [0.29, 0.717) is 12.2 Å². The van der Waals surface area contributed by atoms with Crippen LogP contribution in [-0.2, 0) is 17.9 Å². The maximum atomic E-state index is 12.5. The highest BCUT2D eigenvalue weighted by Crippen LogP contribution is 2.24. The van der Waals surface area contributed by atoms with Gasteiger partial charge >= 0.3 is 0 Å². The topological polar surface area (TPSA) is 67.2 Å². The van der Waals surface area contributed by atoms with Crippen LogP contribution in [0.1, 0.15) is 18.4 Å². The van der Waals surface area contributed by atoms with Crippen LogP contribution in [0.4, 0.5) is 5.69 Å². The second-order valence-corrected chi connectivity index (χ2v) is 7.18. The lowest BCUT2D eigenvalue weighted by molar-refractivity contribution is -0.122. The smallest absolute Gasteiger partial charge is 0.267 e. The zero-order valence-corrected chi connectivity index (χ0v) is 16.3. The molecule has 1 aliphatic heterocycles. The van der Waals surface area contributed by atoms with Gasteiger partial charge in [0.1, 0.15) is 6.54 Å². The van der Waals surface area contributed by atoms with Crippen molar-refractivity contribution < 1.29 is 4.79 Å². The van der Waals surface area contributed by atoms with E-state index >= 15 is 0 Å². The number of nitrogens with one attached hydrogen (secondary N) is 1. The number of carbonyl (C=O) groups excluding carboxylic acids is 1. The van der Waals surface area contributed by atoms with E-state index in [0.717, 1.165) is 24.2 Å². The Balaban J connectivity index is 1.44. The van der Waals surface area contributed by atoms with Gasteiger partial charge in [0.05, 0.1) is 5.69 Å². The molecule has 0 radical (unpaired) electrons. The van der Waals surface area contributed by atoms with Gasteiger partial charge in [-0.2, -0.15) is 5.10 Å². The molecule has 0 bridgehead atoms. The third kappa shape index (κ3) is 4.54. The minimum absolute atomic E-state index is 0.106. The SMILES string of the molecule is O=C(Cn1nc(-c2ccccc2)ccc1=O)NCc1ccccc1N1CCCC1. The monoisotopic (exact) mass is 388 g/mol. The number of anilines is 1. The van der Waals surface area contributed by atoms with Crippen LogP contribution in [0.25, 0.3) is 11.3 Å². The van der Waals surface area contributed by atoms with Crippen LogP contribution in [0.2, 0.25) is 0 Å². The lowest BCUT2D eigenvalue weighted by Crippen LogP contribution is -2.33. The molecule has 0 spiro atoms. The van der Waals surface area contributed by atoms with Crippen molar-refractivity contribution in [2.75, 3.05) is 18.0 Å². The average molecular weight is 388 g/mol. The van der Waals surface area contributed by atoms with Gasteiger partial charge in [0, 0.05) is 37.0 Å². The highest BCUT2D eigenvalue weighted by molar-refractivity contribution is 5.76. The summed E-state index contributed by atoms with van der Waals surface area (Å²) in [5.74, 6) is -0.235. The molecule has 29 heavy (non-hydrogen) atoms. The van der Waals surface area contributed by atoms with Gasteiger partial charge < -0.3 is 10.2 Å². The van der Waals surface area contributed by atoms with Crippen LogP contribution in [0, 0.1) is 0 Å². The lowest BCUT2D eigenvalue weighted by atomic mass is 10.1. The second kappa shape index (κ2) is 8.73. The Bertz CT molecular complexity index is 1040. The molecular formula is C23H24N4O2. The van der Waals surface area contributed by atoms with Gasteiger partial charge in [-0.1, -0.05) is 48.5 Å². The first kappa shape index (κ1) is 18.9. The zero-order valence-electron chi connectivity index (χ0n) is 16.3. The molecule has 1 aliphatic rings. The average Bonchev–Trinajstić information content (AvgIpc) is 3.29. The summed E-state index contributed by atoms with van der Waals surface area (Å²) in [5, 5.41) is 7.29. The van der Waals surface area contributed by atoms with Crippen molar-refractivity contribution in [3.8, 4) is 11.3 Å². The van der Waals surface area contributed by atoms with Crippen LogP contribution >= 0.6 is 0 Å². The Morgan fingerprint density at radius 2 is 1.66 bits per heavy atom. The minimum atomic E-state index is -0.294. The number of benzene rings is 2. The Kier molecular flexibility index (Phi) is 5.70. The van der Waals surface area contributed by atoms with Crippen LogP contribution in [0.15, 0.2) is 71.5 Å². The van der Waals surface area contributed by atoms with Crippen molar-refractivity contribution in [3.63, 3.8) is 0 Å². The number of aromatic nitrogens is 2. The molecule has 1 aromatic heterocycles. The summed E-state index contributed by atoms with van der Waals surface area (Å²) >= 11 is 0. The number of hydrogen-bond donors (Lipinski definition) is 1. The van der Waals surface area contributed by atoms with E-state index < -0.39 is 0 Å². The summed E-state index contributed by atoms with van der Waals surface area (Å²) in [6.07, 6.45) is 2.40. The third-order valence-corrected chi connectivity index (χ3v) is 5.14. The summed E-state index contributed by atoms with van der Waals surface area (Å²) in [6.45, 7) is 2.43. The largest absolute Gasteiger partial charge is 0.371 e. The normalized spacial score (nSPS) is 13.4. The Hall–Kier alpha value is -3.41. The van der Waals surface area contributed by atoms with Crippen molar-refractivity contribution in [2.24, 2.45) is 0 Å². The first-order valence-electron chi connectivity index (χ1n) is 9.94.